The fraction of sp³-hybridized carbons (Fsp3) is 0.769. The summed E-state index contributed by atoms with van der Waals surface area (Å²) in [7, 11) is 1.55. The lowest BCUT2D eigenvalue weighted by Crippen LogP contribution is -2.32. The largest absolute Gasteiger partial charge is 0.467 e. The third kappa shape index (κ3) is 4.40. The zero-order valence-corrected chi connectivity index (χ0v) is 13.8. The Kier molecular flexibility index (Phi) is 6.84. The van der Waals surface area contributed by atoms with Crippen molar-refractivity contribution in [1.29, 1.82) is 0 Å². The number of aromatic nitrogens is 3. The fourth-order valence-corrected chi connectivity index (χ4v) is 2.66. The minimum atomic E-state index is 0.207. The first-order chi connectivity index (χ1) is 9.62. The molecule has 0 radical (unpaired) electrons. The number of methoxy groups -OCH3 is 1. The van der Waals surface area contributed by atoms with Crippen LogP contribution in [0.25, 0.3) is 0 Å². The Morgan fingerprint density at radius 3 is 2.10 bits per heavy atom. The van der Waals surface area contributed by atoms with Crippen molar-refractivity contribution < 1.29 is 4.74 Å². The van der Waals surface area contributed by atoms with E-state index >= 15 is 0 Å². The molecular formula is C13H25N5OS. The summed E-state index contributed by atoms with van der Waals surface area (Å²) in [6.07, 6.45) is 4.34. The molecule has 0 spiro atoms. The van der Waals surface area contributed by atoms with Gasteiger partial charge in [0.2, 0.25) is 11.9 Å². The van der Waals surface area contributed by atoms with E-state index in [9.17, 15) is 0 Å². The SMILES string of the molecule is CCNc1nc(NCC(CC)(CC)SC)nc(OC)n1. The predicted molar refractivity (Wildman–Crippen MR) is 85.9 cm³/mol. The van der Waals surface area contributed by atoms with Gasteiger partial charge in [-0.3, -0.25) is 0 Å². The number of anilines is 2. The smallest absolute Gasteiger partial charge is 0.322 e. The maximum absolute atomic E-state index is 5.11. The molecule has 0 aliphatic carbocycles. The van der Waals surface area contributed by atoms with Crippen LogP contribution in [-0.2, 0) is 0 Å². The van der Waals surface area contributed by atoms with Crippen LogP contribution in [0.15, 0.2) is 0 Å². The van der Waals surface area contributed by atoms with E-state index in [1.54, 1.807) is 7.11 Å². The van der Waals surface area contributed by atoms with E-state index in [0.717, 1.165) is 25.9 Å². The highest BCUT2D eigenvalue weighted by atomic mass is 32.2. The van der Waals surface area contributed by atoms with E-state index in [4.69, 9.17) is 4.74 Å². The molecule has 1 heterocycles. The summed E-state index contributed by atoms with van der Waals surface area (Å²) in [5.74, 6) is 1.08. The summed E-state index contributed by atoms with van der Waals surface area (Å²) < 4.78 is 5.31. The molecule has 2 N–H and O–H groups in total. The second kappa shape index (κ2) is 8.14. The van der Waals surface area contributed by atoms with Gasteiger partial charge in [0.1, 0.15) is 0 Å². The number of thioether (sulfide) groups is 1. The van der Waals surface area contributed by atoms with Crippen molar-refractivity contribution in [2.45, 2.75) is 38.4 Å². The Hall–Kier alpha value is -1.24. The Balaban J connectivity index is 2.83. The molecular weight excluding hydrogens is 274 g/mol. The first-order valence-electron chi connectivity index (χ1n) is 6.96. The Morgan fingerprint density at radius 1 is 1.05 bits per heavy atom. The first kappa shape index (κ1) is 16.8. The Morgan fingerprint density at radius 2 is 1.65 bits per heavy atom. The summed E-state index contributed by atoms with van der Waals surface area (Å²) in [6, 6.07) is 0.321. The average molecular weight is 299 g/mol. The van der Waals surface area contributed by atoms with Crippen molar-refractivity contribution in [2.24, 2.45) is 0 Å². The summed E-state index contributed by atoms with van der Waals surface area (Å²) in [4.78, 5) is 12.7. The van der Waals surface area contributed by atoms with Gasteiger partial charge in [-0.25, -0.2) is 0 Å². The van der Waals surface area contributed by atoms with Gasteiger partial charge in [0, 0.05) is 17.8 Å². The monoisotopic (exact) mass is 299 g/mol. The van der Waals surface area contributed by atoms with E-state index in [2.05, 4.69) is 45.7 Å². The van der Waals surface area contributed by atoms with Gasteiger partial charge in [-0.15, -0.1) is 0 Å². The molecule has 0 atom stereocenters. The normalized spacial score (nSPS) is 11.2. The van der Waals surface area contributed by atoms with Crippen LogP contribution < -0.4 is 15.4 Å². The van der Waals surface area contributed by atoms with E-state index in [-0.39, 0.29) is 4.75 Å². The van der Waals surface area contributed by atoms with Gasteiger partial charge in [0.25, 0.3) is 0 Å². The molecule has 0 unspecified atom stereocenters. The van der Waals surface area contributed by atoms with Crippen LogP contribution >= 0.6 is 11.8 Å². The molecule has 114 valence electrons. The van der Waals surface area contributed by atoms with Crippen LogP contribution in [-0.4, -0.2) is 46.2 Å². The van der Waals surface area contributed by atoms with Crippen LogP contribution in [0.2, 0.25) is 0 Å². The van der Waals surface area contributed by atoms with Crippen molar-refractivity contribution in [3.8, 4) is 6.01 Å². The van der Waals surface area contributed by atoms with E-state index in [0.29, 0.717) is 17.9 Å². The van der Waals surface area contributed by atoms with Crippen molar-refractivity contribution in [2.75, 3.05) is 37.1 Å². The molecule has 0 fully saturated rings. The van der Waals surface area contributed by atoms with Gasteiger partial charge in [0.05, 0.1) is 7.11 Å². The van der Waals surface area contributed by atoms with Crippen LogP contribution in [0.1, 0.15) is 33.6 Å². The molecule has 0 saturated heterocycles. The zero-order chi connectivity index (χ0) is 15.0. The number of nitrogens with one attached hydrogen (secondary N) is 2. The van der Waals surface area contributed by atoms with Crippen LogP contribution in [0, 0.1) is 0 Å². The maximum Gasteiger partial charge on any atom is 0.322 e. The van der Waals surface area contributed by atoms with Crippen molar-refractivity contribution in [1.82, 2.24) is 15.0 Å². The summed E-state index contributed by atoms with van der Waals surface area (Å²) >= 11 is 1.88. The van der Waals surface area contributed by atoms with E-state index < -0.39 is 0 Å². The van der Waals surface area contributed by atoms with Gasteiger partial charge in [-0.2, -0.15) is 26.7 Å². The molecule has 0 saturated carbocycles. The van der Waals surface area contributed by atoms with Crippen molar-refractivity contribution in [3.05, 3.63) is 0 Å². The average Bonchev–Trinajstić information content (AvgIpc) is 2.49. The molecule has 0 aliphatic heterocycles. The first-order valence-corrected chi connectivity index (χ1v) is 8.18. The lowest BCUT2D eigenvalue weighted by molar-refractivity contribution is 0.379. The fourth-order valence-electron chi connectivity index (χ4n) is 1.87. The zero-order valence-electron chi connectivity index (χ0n) is 13.0. The minimum absolute atomic E-state index is 0.207. The highest BCUT2D eigenvalue weighted by molar-refractivity contribution is 8.00. The van der Waals surface area contributed by atoms with Crippen LogP contribution in [0.4, 0.5) is 11.9 Å². The van der Waals surface area contributed by atoms with E-state index in [1.807, 2.05) is 18.7 Å². The highest BCUT2D eigenvalue weighted by Crippen LogP contribution is 2.30. The molecule has 1 aromatic rings. The highest BCUT2D eigenvalue weighted by Gasteiger charge is 2.25. The molecule has 1 rings (SSSR count). The minimum Gasteiger partial charge on any atom is -0.467 e. The third-order valence-corrected chi connectivity index (χ3v) is 5.01. The quantitative estimate of drug-likeness (QED) is 0.726. The summed E-state index contributed by atoms with van der Waals surface area (Å²) in [6.45, 7) is 7.99. The molecule has 6 nitrogen and oxygen atoms in total. The Labute approximate surface area is 125 Å². The molecule has 1 aromatic heterocycles. The number of ether oxygens (including phenoxy) is 1. The number of rotatable bonds is 9. The lowest BCUT2D eigenvalue weighted by Gasteiger charge is -2.29. The van der Waals surface area contributed by atoms with Gasteiger partial charge in [0.15, 0.2) is 0 Å². The molecule has 0 aliphatic rings. The Bertz CT molecular complexity index is 403. The van der Waals surface area contributed by atoms with Crippen molar-refractivity contribution >= 4 is 23.7 Å². The van der Waals surface area contributed by atoms with Crippen LogP contribution in [0.3, 0.4) is 0 Å². The second-order valence-corrected chi connectivity index (χ2v) is 5.72. The number of hydrogen-bond donors (Lipinski definition) is 2. The molecule has 7 heteroatoms. The van der Waals surface area contributed by atoms with Gasteiger partial charge in [-0.05, 0) is 26.0 Å². The van der Waals surface area contributed by atoms with Gasteiger partial charge < -0.3 is 15.4 Å². The maximum atomic E-state index is 5.11. The molecule has 0 aromatic carbocycles. The molecule has 0 bridgehead atoms. The van der Waals surface area contributed by atoms with Crippen LogP contribution in [0.5, 0.6) is 6.01 Å². The number of hydrogen-bond acceptors (Lipinski definition) is 7. The standard InChI is InChI=1S/C13H25N5OS/c1-6-13(7-2,20-5)9-15-11-16-10(14-8-3)17-12(18-11)19-4/h6-9H2,1-5H3,(H2,14,15,16,17,18). The number of nitrogens with zero attached hydrogens (tertiary/aromatic N) is 3. The molecule has 0 amide bonds. The van der Waals surface area contributed by atoms with E-state index in [1.165, 1.54) is 0 Å². The second-order valence-electron chi connectivity index (χ2n) is 4.45. The van der Waals surface area contributed by atoms with Crippen molar-refractivity contribution in [3.63, 3.8) is 0 Å². The molecule has 20 heavy (non-hydrogen) atoms. The third-order valence-electron chi connectivity index (χ3n) is 3.42. The lowest BCUT2D eigenvalue weighted by atomic mass is 10.0. The van der Waals surface area contributed by atoms with Gasteiger partial charge in [-0.1, -0.05) is 13.8 Å². The predicted octanol–water partition coefficient (Wildman–Crippen LogP) is 2.65. The summed E-state index contributed by atoms with van der Waals surface area (Å²) in [5.41, 5.74) is 0. The summed E-state index contributed by atoms with van der Waals surface area (Å²) in [5, 5.41) is 6.38. The topological polar surface area (TPSA) is 72.0 Å². The van der Waals surface area contributed by atoms with Gasteiger partial charge >= 0.3 is 6.01 Å².